The van der Waals surface area contributed by atoms with Crippen LogP contribution in [0.15, 0.2) is 61.3 Å². The van der Waals surface area contributed by atoms with Crippen LogP contribution in [0.4, 0.5) is 0 Å². The summed E-state index contributed by atoms with van der Waals surface area (Å²) in [6.45, 7) is 12.1. The molecule has 5 aromatic rings. The standard InChI is InChI=1S/C11H13N3O3.C9H9N3O3.C9H12N2O3.C7H7N3O.C6H6N2O.C2H2BrN.H2O4S/c1-3-16-11(15)10(17-7-5-12)9-4-6-13-8(2)14-9;1-5-10-3-2-6(11-5)8-9(14)12-7(13)4-15-8;1-3-14-9(13)8(12)7-4-5-10-6(2)11-7;1-5-9-3-2-6(10-5)7(11)4-8;1-5-7-3-2-6(4-9)8-5;3-1-2-4;1-5(2,3)4/h4,6,10H,3,7H2,1-2H3;2-3,8H,4H2,1H3,(H,12,13,14);4-5,8,12H,3H2,1-2H3;2-3,7,11H,1H3;2-4H,1H3;1H2;(H2,1,2,3,4). The van der Waals surface area contributed by atoms with Crippen LogP contribution in [0.5, 0.6) is 0 Å². The van der Waals surface area contributed by atoms with E-state index in [-0.39, 0.29) is 32.1 Å². The fourth-order valence-corrected chi connectivity index (χ4v) is 4.75. The highest BCUT2D eigenvalue weighted by molar-refractivity contribution is 9.09. The van der Waals surface area contributed by atoms with Gasteiger partial charge in [-0.2, -0.15) is 24.2 Å². The number of imide groups is 1. The van der Waals surface area contributed by atoms with Gasteiger partial charge in [-0.15, -0.1) is 0 Å². The summed E-state index contributed by atoms with van der Waals surface area (Å²) in [7, 11) is -4.67. The first-order chi connectivity index (χ1) is 35.5. The Labute approximate surface area is 438 Å². The number of amides is 2. The molecule has 0 radical (unpaired) electrons. The molecule has 0 spiro atoms. The van der Waals surface area contributed by atoms with Crippen molar-refractivity contribution in [2.24, 2.45) is 0 Å². The number of morpholine rings is 1. The molecule has 400 valence electrons. The molecule has 2 amide bonds. The van der Waals surface area contributed by atoms with Crippen molar-refractivity contribution in [2.45, 2.75) is 72.9 Å². The molecular weight excluding hydrogens is 1080 g/mol. The predicted octanol–water partition coefficient (Wildman–Crippen LogP) is 2.00. The first-order valence-corrected chi connectivity index (χ1v) is 23.6. The number of hydrogen-bond acceptors (Lipinski definition) is 26. The van der Waals surface area contributed by atoms with Gasteiger partial charge in [0.1, 0.15) is 54.1 Å². The molecule has 0 bridgehead atoms. The summed E-state index contributed by atoms with van der Waals surface area (Å²) in [6.07, 6.45) is 4.08. The van der Waals surface area contributed by atoms with Gasteiger partial charge in [0.25, 0.3) is 11.8 Å². The lowest BCUT2D eigenvalue weighted by Gasteiger charge is -2.20. The van der Waals surface area contributed by atoms with Gasteiger partial charge >= 0.3 is 22.3 Å². The van der Waals surface area contributed by atoms with E-state index in [0.29, 0.717) is 63.5 Å². The minimum absolute atomic E-state index is 0.126. The molecule has 0 saturated carbocycles. The van der Waals surface area contributed by atoms with Gasteiger partial charge in [-0.1, -0.05) is 15.9 Å². The number of esters is 2. The third-order valence-corrected chi connectivity index (χ3v) is 7.85. The second-order valence-electron chi connectivity index (χ2n) is 13.4. The molecule has 6 rings (SSSR count). The zero-order valence-electron chi connectivity index (χ0n) is 41.1. The van der Waals surface area contributed by atoms with E-state index < -0.39 is 58.6 Å². The number of carbonyl (C=O) groups is 5. The lowest BCUT2D eigenvalue weighted by molar-refractivity contribution is -0.156. The molecule has 0 aliphatic carbocycles. The van der Waals surface area contributed by atoms with Gasteiger partial charge in [0.2, 0.25) is 0 Å². The van der Waals surface area contributed by atoms with E-state index in [1.54, 1.807) is 91.2 Å². The Morgan fingerprint density at radius 3 is 1.61 bits per heavy atom. The molecule has 29 nitrogen and oxygen atoms in total. The number of carbonyl (C=O) groups excluding carboxylic acids is 5. The van der Waals surface area contributed by atoms with Crippen LogP contribution < -0.4 is 5.32 Å². The average Bonchev–Trinajstić information content (AvgIpc) is 3.36. The topological polar surface area (TPSA) is 450 Å². The van der Waals surface area contributed by atoms with E-state index in [4.69, 9.17) is 52.6 Å². The maximum absolute atomic E-state index is 11.6. The number of nitrogens with one attached hydrogen (secondary N) is 1. The quantitative estimate of drug-likeness (QED) is 0.0315. The Morgan fingerprint density at radius 1 is 0.747 bits per heavy atom. The van der Waals surface area contributed by atoms with Crippen molar-refractivity contribution < 1.29 is 70.7 Å². The van der Waals surface area contributed by atoms with Crippen LogP contribution in [0.2, 0.25) is 0 Å². The maximum Gasteiger partial charge on any atom is 0.394 e. The molecule has 31 heteroatoms. The highest BCUT2D eigenvalue weighted by Gasteiger charge is 2.30. The van der Waals surface area contributed by atoms with E-state index in [1.165, 1.54) is 30.7 Å². The van der Waals surface area contributed by atoms with Crippen LogP contribution in [0, 0.1) is 68.6 Å². The van der Waals surface area contributed by atoms with Crippen molar-refractivity contribution in [1.29, 1.82) is 15.8 Å². The number of aliphatic hydroxyl groups is 2. The number of aromatic nitrogens is 10. The highest BCUT2D eigenvalue weighted by atomic mass is 79.9. The van der Waals surface area contributed by atoms with Crippen molar-refractivity contribution in [3.05, 3.63) is 119 Å². The molecule has 4 unspecified atom stereocenters. The monoisotopic (exact) mass is 1130 g/mol. The third kappa shape index (κ3) is 30.4. The van der Waals surface area contributed by atoms with E-state index in [1.807, 2.05) is 6.07 Å². The molecular formula is C44H51BrN14O15S. The molecule has 5 N–H and O–H groups in total. The van der Waals surface area contributed by atoms with E-state index in [9.17, 15) is 29.1 Å². The first kappa shape index (κ1) is 66.8. The van der Waals surface area contributed by atoms with Crippen molar-refractivity contribution in [3.8, 4) is 18.2 Å². The minimum Gasteiger partial charge on any atom is -0.464 e. The van der Waals surface area contributed by atoms with Gasteiger partial charge in [0, 0.05) is 31.0 Å². The molecule has 6 heterocycles. The molecule has 1 saturated heterocycles. The van der Waals surface area contributed by atoms with Gasteiger partial charge < -0.3 is 29.2 Å². The zero-order valence-corrected chi connectivity index (χ0v) is 43.5. The lowest BCUT2D eigenvalue weighted by Crippen LogP contribution is -2.44. The lowest BCUT2D eigenvalue weighted by atomic mass is 10.2. The van der Waals surface area contributed by atoms with Crippen molar-refractivity contribution >= 4 is 56.4 Å². The highest BCUT2D eigenvalue weighted by Crippen LogP contribution is 2.18. The summed E-state index contributed by atoms with van der Waals surface area (Å²) >= 11 is 2.89. The maximum atomic E-state index is 11.6. The predicted molar refractivity (Wildman–Crippen MR) is 258 cm³/mol. The Hall–Kier alpha value is -8.19. The molecule has 1 fully saturated rings. The van der Waals surface area contributed by atoms with Gasteiger partial charge in [0.15, 0.2) is 30.7 Å². The van der Waals surface area contributed by atoms with Crippen molar-refractivity contribution in [3.63, 3.8) is 0 Å². The molecule has 1 aliphatic heterocycles. The van der Waals surface area contributed by atoms with Crippen LogP contribution in [0.3, 0.4) is 0 Å². The van der Waals surface area contributed by atoms with Gasteiger partial charge in [-0.05, 0) is 78.8 Å². The number of nitrogens with zero attached hydrogens (tertiary/aromatic N) is 13. The SMILES string of the molecule is CCOC(=O)C(O)c1ccnc(C)n1.CCOC(=O)C(OCC#N)c1ccnc(C)n1.Cc1nccc(C(O)C#N)n1.Cc1nccc(C2OCC(=O)NC2=O)n1.Cc1nccc(C=O)n1.N#CCBr.O=S(=O)(O)O. The van der Waals surface area contributed by atoms with Crippen molar-refractivity contribution in [2.75, 3.05) is 31.8 Å². The number of alkyl halides is 1. The van der Waals surface area contributed by atoms with Crippen LogP contribution >= 0.6 is 15.9 Å². The third-order valence-electron chi connectivity index (χ3n) is 7.60. The van der Waals surface area contributed by atoms with Crippen molar-refractivity contribution in [1.82, 2.24) is 55.2 Å². The number of rotatable bonds is 11. The van der Waals surface area contributed by atoms with E-state index in [2.05, 4.69) is 75.8 Å². The van der Waals surface area contributed by atoms with Crippen LogP contribution in [-0.4, -0.2) is 139 Å². The summed E-state index contributed by atoms with van der Waals surface area (Å²) in [6, 6.07) is 13.0. The number of nitriles is 3. The number of halogens is 1. The minimum atomic E-state index is -4.67. The summed E-state index contributed by atoms with van der Waals surface area (Å²) in [5.41, 5.74) is 1.90. The van der Waals surface area contributed by atoms with Gasteiger partial charge in [-0.3, -0.25) is 28.8 Å². The fourth-order valence-electron chi connectivity index (χ4n) is 4.75. The average molecular weight is 1130 g/mol. The fraction of sp³-hybridized carbons (Fsp3) is 0.364. The van der Waals surface area contributed by atoms with Crippen LogP contribution in [0.1, 0.15) is 101 Å². The zero-order chi connectivity index (χ0) is 56.9. The molecule has 0 aromatic carbocycles. The number of hydrogen-bond donors (Lipinski definition) is 5. The van der Waals surface area contributed by atoms with E-state index in [0.717, 1.165) is 0 Å². The second kappa shape index (κ2) is 37.5. The Balaban J connectivity index is 0.000000886. The Kier molecular flexibility index (Phi) is 33.4. The molecule has 75 heavy (non-hydrogen) atoms. The second-order valence-corrected chi connectivity index (χ2v) is 14.8. The van der Waals surface area contributed by atoms with Gasteiger partial charge in [0.05, 0.1) is 53.5 Å². The normalized spacial score (nSPS) is 13.1. The molecule has 5 aromatic heterocycles. The smallest absolute Gasteiger partial charge is 0.394 e. The first-order valence-electron chi connectivity index (χ1n) is 21.1. The summed E-state index contributed by atoms with van der Waals surface area (Å²) in [4.78, 5) is 94.1. The number of aryl methyl sites for hydroxylation is 5. The van der Waals surface area contributed by atoms with Crippen LogP contribution in [-0.2, 0) is 48.5 Å². The number of aldehydes is 1. The van der Waals surface area contributed by atoms with E-state index >= 15 is 0 Å². The number of aliphatic hydroxyl groups excluding tert-OH is 2. The van der Waals surface area contributed by atoms with Crippen LogP contribution in [0.25, 0.3) is 0 Å². The summed E-state index contributed by atoms with van der Waals surface area (Å²) in [5, 5.41) is 45.5. The summed E-state index contributed by atoms with van der Waals surface area (Å²) < 4.78 is 51.3. The van der Waals surface area contributed by atoms with Gasteiger partial charge in [-0.25, -0.2) is 59.4 Å². The molecule has 4 atom stereocenters. The Morgan fingerprint density at radius 2 is 1.19 bits per heavy atom. The Bertz CT molecular complexity index is 2840. The largest absolute Gasteiger partial charge is 0.464 e. The summed E-state index contributed by atoms with van der Waals surface area (Å²) in [5.74, 6) is 0.609. The number of ether oxygens (including phenoxy) is 4. The molecule has 1 aliphatic rings.